The summed E-state index contributed by atoms with van der Waals surface area (Å²) in [5.41, 5.74) is 1.69. The summed E-state index contributed by atoms with van der Waals surface area (Å²) in [6.07, 6.45) is 2.87. The molecule has 0 aliphatic heterocycles. The number of aryl methyl sites for hydroxylation is 1. The smallest absolute Gasteiger partial charge is 0.129 e. The highest BCUT2D eigenvalue weighted by atomic mass is 35.5. The minimum Gasteiger partial charge on any atom is -0.411 e. The van der Waals surface area contributed by atoms with Crippen LogP contribution in [0.25, 0.3) is 0 Å². The van der Waals surface area contributed by atoms with Crippen LogP contribution in [0.3, 0.4) is 0 Å². The van der Waals surface area contributed by atoms with Gasteiger partial charge in [-0.1, -0.05) is 16.8 Å². The van der Waals surface area contributed by atoms with Gasteiger partial charge in [-0.25, -0.2) is 4.98 Å². The monoisotopic (exact) mass is 170 g/mol. The van der Waals surface area contributed by atoms with Crippen molar-refractivity contribution < 1.29 is 5.21 Å². The lowest BCUT2D eigenvalue weighted by atomic mass is 10.2. The lowest BCUT2D eigenvalue weighted by Gasteiger charge is -1.96. The minimum absolute atomic E-state index is 0.442. The molecular formula is C7H7ClN2O. The molecule has 1 aromatic rings. The van der Waals surface area contributed by atoms with Gasteiger partial charge in [-0.2, -0.15) is 0 Å². The van der Waals surface area contributed by atoms with E-state index in [4.69, 9.17) is 16.8 Å². The molecule has 0 atom stereocenters. The van der Waals surface area contributed by atoms with E-state index in [-0.39, 0.29) is 0 Å². The van der Waals surface area contributed by atoms with Gasteiger partial charge >= 0.3 is 0 Å². The maximum absolute atomic E-state index is 8.22. The Balaban J connectivity index is 3.09. The van der Waals surface area contributed by atoms with E-state index in [9.17, 15) is 0 Å². The Labute approximate surface area is 69.3 Å². The van der Waals surface area contributed by atoms with E-state index in [0.717, 1.165) is 11.1 Å². The quantitative estimate of drug-likeness (QED) is 0.303. The molecule has 1 N–H and O–H groups in total. The van der Waals surface area contributed by atoms with Crippen LogP contribution < -0.4 is 0 Å². The number of pyridine rings is 1. The number of rotatable bonds is 1. The first kappa shape index (κ1) is 8.01. The lowest BCUT2D eigenvalue weighted by Crippen LogP contribution is -1.88. The summed E-state index contributed by atoms with van der Waals surface area (Å²) in [4.78, 5) is 3.82. The number of aromatic nitrogens is 1. The van der Waals surface area contributed by atoms with E-state index in [1.165, 1.54) is 6.21 Å². The fraction of sp³-hybridized carbons (Fsp3) is 0.143. The van der Waals surface area contributed by atoms with Crippen molar-refractivity contribution in [3.63, 3.8) is 0 Å². The maximum atomic E-state index is 8.22. The van der Waals surface area contributed by atoms with Crippen LogP contribution in [0.5, 0.6) is 0 Å². The molecule has 4 heteroatoms. The third kappa shape index (κ3) is 1.91. The van der Waals surface area contributed by atoms with Gasteiger partial charge in [-0.15, -0.1) is 0 Å². The molecule has 3 nitrogen and oxygen atoms in total. The van der Waals surface area contributed by atoms with E-state index in [1.54, 1.807) is 12.3 Å². The first-order valence-corrected chi connectivity index (χ1v) is 3.41. The van der Waals surface area contributed by atoms with Gasteiger partial charge in [0.1, 0.15) is 5.15 Å². The molecule has 1 rings (SSSR count). The van der Waals surface area contributed by atoms with Crippen LogP contribution in [0.15, 0.2) is 17.4 Å². The van der Waals surface area contributed by atoms with Gasteiger partial charge in [0.2, 0.25) is 0 Å². The van der Waals surface area contributed by atoms with E-state index in [2.05, 4.69) is 10.1 Å². The normalized spacial score (nSPS) is 10.7. The summed E-state index contributed by atoms with van der Waals surface area (Å²) in [6, 6.07) is 1.71. The Hall–Kier alpha value is -1.09. The topological polar surface area (TPSA) is 45.5 Å². The third-order valence-corrected chi connectivity index (χ3v) is 1.52. The van der Waals surface area contributed by atoms with Crippen molar-refractivity contribution in [2.45, 2.75) is 6.92 Å². The number of hydrogen-bond donors (Lipinski definition) is 1. The Morgan fingerprint density at radius 2 is 2.45 bits per heavy atom. The molecule has 0 aliphatic carbocycles. The molecule has 0 saturated heterocycles. The van der Waals surface area contributed by atoms with Gasteiger partial charge in [0.05, 0.1) is 6.21 Å². The molecule has 1 aromatic heterocycles. The van der Waals surface area contributed by atoms with Gasteiger partial charge in [-0.3, -0.25) is 0 Å². The second-order valence-corrected chi connectivity index (χ2v) is 2.50. The number of oxime groups is 1. The molecule has 0 bridgehead atoms. The minimum atomic E-state index is 0.442. The van der Waals surface area contributed by atoms with E-state index >= 15 is 0 Å². The van der Waals surface area contributed by atoms with Gasteiger partial charge in [0.15, 0.2) is 0 Å². The molecule has 1 heterocycles. The van der Waals surface area contributed by atoms with Crippen molar-refractivity contribution in [3.8, 4) is 0 Å². The molecule has 0 radical (unpaired) electrons. The van der Waals surface area contributed by atoms with Crippen LogP contribution in [0, 0.1) is 6.92 Å². The van der Waals surface area contributed by atoms with Gasteiger partial charge in [0.25, 0.3) is 0 Å². The van der Waals surface area contributed by atoms with E-state index in [0.29, 0.717) is 5.15 Å². The summed E-state index contributed by atoms with van der Waals surface area (Å²) in [7, 11) is 0. The first-order chi connectivity index (χ1) is 5.24. The second kappa shape index (κ2) is 3.34. The third-order valence-electron chi connectivity index (χ3n) is 1.31. The maximum Gasteiger partial charge on any atom is 0.129 e. The molecule has 0 saturated carbocycles. The molecule has 58 valence electrons. The largest absolute Gasteiger partial charge is 0.411 e. The van der Waals surface area contributed by atoms with Crippen LogP contribution in [0.2, 0.25) is 5.15 Å². The Bertz CT molecular complexity index is 286. The summed E-state index contributed by atoms with van der Waals surface area (Å²) in [5, 5.41) is 11.6. The van der Waals surface area contributed by atoms with Crippen molar-refractivity contribution in [2.75, 3.05) is 0 Å². The van der Waals surface area contributed by atoms with E-state index < -0.39 is 0 Å². The lowest BCUT2D eigenvalue weighted by molar-refractivity contribution is 0.322. The van der Waals surface area contributed by atoms with Crippen molar-refractivity contribution >= 4 is 17.8 Å². The SMILES string of the molecule is Cc1cc(Cl)ncc1C=NO. The van der Waals surface area contributed by atoms with Gasteiger partial charge in [0, 0.05) is 11.8 Å². The van der Waals surface area contributed by atoms with E-state index in [1.807, 2.05) is 6.92 Å². The molecular weight excluding hydrogens is 164 g/mol. The molecule has 0 amide bonds. The first-order valence-electron chi connectivity index (χ1n) is 3.03. The zero-order valence-corrected chi connectivity index (χ0v) is 6.71. The summed E-state index contributed by atoms with van der Waals surface area (Å²) < 4.78 is 0. The van der Waals surface area contributed by atoms with Crippen LogP contribution in [0.1, 0.15) is 11.1 Å². The van der Waals surface area contributed by atoms with Crippen LogP contribution in [0.4, 0.5) is 0 Å². The second-order valence-electron chi connectivity index (χ2n) is 2.11. The molecule has 0 fully saturated rings. The van der Waals surface area contributed by atoms with Crippen molar-refractivity contribution in [1.82, 2.24) is 4.98 Å². The van der Waals surface area contributed by atoms with Crippen molar-refractivity contribution in [3.05, 3.63) is 28.5 Å². The number of hydrogen-bond acceptors (Lipinski definition) is 3. The average molecular weight is 171 g/mol. The van der Waals surface area contributed by atoms with Crippen LogP contribution in [-0.2, 0) is 0 Å². The summed E-state index contributed by atoms with van der Waals surface area (Å²) in [6.45, 7) is 1.87. The average Bonchev–Trinajstić information content (AvgIpc) is 1.95. The highest BCUT2D eigenvalue weighted by Crippen LogP contribution is 2.09. The highest BCUT2D eigenvalue weighted by Gasteiger charge is 1.96. The molecule has 11 heavy (non-hydrogen) atoms. The summed E-state index contributed by atoms with van der Waals surface area (Å²) >= 11 is 5.60. The molecule has 0 aromatic carbocycles. The predicted octanol–water partition coefficient (Wildman–Crippen LogP) is 1.85. The number of halogens is 1. The zero-order chi connectivity index (χ0) is 8.27. The van der Waals surface area contributed by atoms with Crippen LogP contribution >= 0.6 is 11.6 Å². The Kier molecular flexibility index (Phi) is 2.44. The van der Waals surface area contributed by atoms with Crippen LogP contribution in [-0.4, -0.2) is 16.4 Å². The zero-order valence-electron chi connectivity index (χ0n) is 5.95. The molecule has 0 unspecified atom stereocenters. The van der Waals surface area contributed by atoms with Crippen molar-refractivity contribution in [2.24, 2.45) is 5.16 Å². The highest BCUT2D eigenvalue weighted by molar-refractivity contribution is 6.29. The van der Waals surface area contributed by atoms with Gasteiger partial charge < -0.3 is 5.21 Å². The van der Waals surface area contributed by atoms with Gasteiger partial charge in [-0.05, 0) is 18.6 Å². The fourth-order valence-electron chi connectivity index (χ4n) is 0.730. The molecule has 0 aliphatic rings. The van der Waals surface area contributed by atoms with Crippen molar-refractivity contribution in [1.29, 1.82) is 0 Å². The predicted molar refractivity (Wildman–Crippen MR) is 43.4 cm³/mol. The Morgan fingerprint density at radius 3 is 3.00 bits per heavy atom. The Morgan fingerprint density at radius 1 is 1.73 bits per heavy atom. The summed E-state index contributed by atoms with van der Waals surface area (Å²) in [5.74, 6) is 0. The molecule has 0 spiro atoms. The standard InChI is InChI=1S/C7H7ClN2O/c1-5-2-7(8)9-3-6(5)4-10-11/h2-4,11H,1H3. The number of nitrogens with zero attached hydrogens (tertiary/aromatic N) is 2. The fourth-order valence-corrected chi connectivity index (χ4v) is 0.942.